The smallest absolute Gasteiger partial charge is 0.261 e. The van der Waals surface area contributed by atoms with Crippen molar-refractivity contribution in [2.45, 2.75) is 46.3 Å². The third-order valence-electron chi connectivity index (χ3n) is 5.13. The lowest BCUT2D eigenvalue weighted by atomic mass is 10.1. The Morgan fingerprint density at radius 2 is 1.68 bits per heavy atom. The summed E-state index contributed by atoms with van der Waals surface area (Å²) in [6, 6.07) is 21.0. The summed E-state index contributed by atoms with van der Waals surface area (Å²) in [6.45, 7) is 7.77. The maximum atomic E-state index is 13.2. The van der Waals surface area contributed by atoms with Crippen LogP contribution in [0.25, 0.3) is 10.8 Å². The van der Waals surface area contributed by atoms with Crippen molar-refractivity contribution in [3.8, 4) is 5.75 Å². The second-order valence-corrected chi connectivity index (χ2v) is 8.12. The second kappa shape index (κ2) is 10.1. The molecule has 3 aromatic carbocycles. The molecule has 31 heavy (non-hydrogen) atoms. The molecule has 0 radical (unpaired) electrons. The Hall–Kier alpha value is -3.34. The molecule has 2 amide bonds. The number of fused-ring (bicyclic) bond motifs is 1. The lowest BCUT2D eigenvalue weighted by Gasteiger charge is -2.29. The molecular formula is C26H30N2O3. The zero-order valence-corrected chi connectivity index (χ0v) is 18.6. The summed E-state index contributed by atoms with van der Waals surface area (Å²) < 4.78 is 5.91. The van der Waals surface area contributed by atoms with E-state index in [1.807, 2.05) is 87.5 Å². The fraction of sp³-hybridized carbons (Fsp3) is 0.308. The Balaban J connectivity index is 1.79. The first-order valence-corrected chi connectivity index (χ1v) is 10.6. The normalized spacial score (nSPS) is 11.9. The Labute approximate surface area is 184 Å². The van der Waals surface area contributed by atoms with Crippen molar-refractivity contribution in [2.24, 2.45) is 0 Å². The van der Waals surface area contributed by atoms with Gasteiger partial charge in [-0.3, -0.25) is 9.59 Å². The lowest BCUT2D eigenvalue weighted by molar-refractivity contribution is -0.142. The number of benzene rings is 3. The first-order valence-electron chi connectivity index (χ1n) is 10.6. The molecule has 3 rings (SSSR count). The molecule has 0 aliphatic rings. The van der Waals surface area contributed by atoms with Crippen LogP contribution in [-0.4, -0.2) is 35.4 Å². The highest BCUT2D eigenvalue weighted by molar-refractivity contribution is 5.90. The zero-order valence-electron chi connectivity index (χ0n) is 18.6. The van der Waals surface area contributed by atoms with Crippen LogP contribution in [0.2, 0.25) is 0 Å². The number of rotatable bonds is 8. The Morgan fingerprint density at radius 3 is 2.42 bits per heavy atom. The standard InChI is InChI=1S/C26H30N2O3/c1-18(2)27-26(30)20(4)28(16-21-10-7-9-19(3)15-21)25(29)17-31-24-14-8-12-22-11-5-6-13-23(22)24/h5-15,18,20H,16-17H2,1-4H3,(H,27,30). The van der Waals surface area contributed by atoms with Gasteiger partial charge in [0.25, 0.3) is 5.91 Å². The topological polar surface area (TPSA) is 58.6 Å². The molecule has 5 nitrogen and oxygen atoms in total. The predicted molar refractivity (Wildman–Crippen MR) is 124 cm³/mol. The van der Waals surface area contributed by atoms with Crippen molar-refractivity contribution < 1.29 is 14.3 Å². The Morgan fingerprint density at radius 1 is 0.968 bits per heavy atom. The van der Waals surface area contributed by atoms with Gasteiger partial charge in [0.15, 0.2) is 6.61 Å². The number of carbonyl (C=O) groups excluding carboxylic acids is 2. The molecule has 0 spiro atoms. The van der Waals surface area contributed by atoms with Crippen LogP contribution in [0.5, 0.6) is 5.75 Å². The molecule has 0 aliphatic carbocycles. The van der Waals surface area contributed by atoms with Gasteiger partial charge >= 0.3 is 0 Å². The fourth-order valence-corrected chi connectivity index (χ4v) is 3.54. The molecule has 1 atom stereocenters. The van der Waals surface area contributed by atoms with Gasteiger partial charge in [0.05, 0.1) is 0 Å². The molecule has 3 aromatic rings. The highest BCUT2D eigenvalue weighted by atomic mass is 16.5. The van der Waals surface area contributed by atoms with Crippen LogP contribution >= 0.6 is 0 Å². The van der Waals surface area contributed by atoms with E-state index >= 15 is 0 Å². The molecule has 1 N–H and O–H groups in total. The summed E-state index contributed by atoms with van der Waals surface area (Å²) in [5.41, 5.74) is 2.08. The Kier molecular flexibility index (Phi) is 7.29. The minimum atomic E-state index is -0.619. The van der Waals surface area contributed by atoms with E-state index < -0.39 is 6.04 Å². The molecule has 1 unspecified atom stereocenters. The van der Waals surface area contributed by atoms with Crippen LogP contribution < -0.4 is 10.1 Å². The lowest BCUT2D eigenvalue weighted by Crippen LogP contribution is -2.50. The van der Waals surface area contributed by atoms with Gasteiger partial charge in [0.1, 0.15) is 11.8 Å². The van der Waals surface area contributed by atoms with E-state index in [4.69, 9.17) is 4.74 Å². The third-order valence-corrected chi connectivity index (χ3v) is 5.13. The van der Waals surface area contributed by atoms with E-state index in [0.717, 1.165) is 21.9 Å². The van der Waals surface area contributed by atoms with Crippen molar-refractivity contribution in [3.63, 3.8) is 0 Å². The van der Waals surface area contributed by atoms with Crippen LogP contribution in [-0.2, 0) is 16.1 Å². The predicted octanol–water partition coefficient (Wildman–Crippen LogP) is 4.47. The second-order valence-electron chi connectivity index (χ2n) is 8.12. The van der Waals surface area contributed by atoms with Gasteiger partial charge in [0.2, 0.25) is 5.91 Å². The number of ether oxygens (including phenoxy) is 1. The summed E-state index contributed by atoms with van der Waals surface area (Å²) in [6.07, 6.45) is 0. The van der Waals surface area contributed by atoms with Crippen molar-refractivity contribution in [1.82, 2.24) is 10.2 Å². The largest absolute Gasteiger partial charge is 0.483 e. The molecule has 0 saturated carbocycles. The molecule has 5 heteroatoms. The van der Waals surface area contributed by atoms with Gasteiger partial charge in [-0.2, -0.15) is 0 Å². The maximum Gasteiger partial charge on any atom is 0.261 e. The number of hydrogen-bond donors (Lipinski definition) is 1. The minimum absolute atomic E-state index is 0.00203. The van der Waals surface area contributed by atoms with Crippen LogP contribution in [0.3, 0.4) is 0 Å². The van der Waals surface area contributed by atoms with Gasteiger partial charge < -0.3 is 15.0 Å². The average molecular weight is 419 g/mol. The fourth-order valence-electron chi connectivity index (χ4n) is 3.54. The van der Waals surface area contributed by atoms with Gasteiger partial charge in [-0.15, -0.1) is 0 Å². The molecule has 0 heterocycles. The van der Waals surface area contributed by atoms with Gasteiger partial charge in [-0.25, -0.2) is 0 Å². The van der Waals surface area contributed by atoms with E-state index in [0.29, 0.717) is 12.3 Å². The first-order chi connectivity index (χ1) is 14.8. The van der Waals surface area contributed by atoms with Gasteiger partial charge in [-0.1, -0.05) is 66.2 Å². The van der Waals surface area contributed by atoms with Crippen LogP contribution in [0.15, 0.2) is 66.7 Å². The highest BCUT2D eigenvalue weighted by Crippen LogP contribution is 2.25. The van der Waals surface area contributed by atoms with E-state index in [2.05, 4.69) is 5.32 Å². The molecule has 0 aromatic heterocycles. The van der Waals surface area contributed by atoms with E-state index in [-0.39, 0.29) is 24.5 Å². The molecule has 162 valence electrons. The highest BCUT2D eigenvalue weighted by Gasteiger charge is 2.27. The van der Waals surface area contributed by atoms with Crippen LogP contribution in [0.4, 0.5) is 0 Å². The summed E-state index contributed by atoms with van der Waals surface area (Å²) in [4.78, 5) is 27.4. The number of aryl methyl sites for hydroxylation is 1. The summed E-state index contributed by atoms with van der Waals surface area (Å²) >= 11 is 0. The molecular weight excluding hydrogens is 388 g/mol. The maximum absolute atomic E-state index is 13.2. The average Bonchev–Trinajstić information content (AvgIpc) is 2.75. The molecule has 0 aliphatic heterocycles. The minimum Gasteiger partial charge on any atom is -0.483 e. The number of nitrogens with zero attached hydrogens (tertiary/aromatic N) is 1. The van der Waals surface area contributed by atoms with Crippen molar-refractivity contribution >= 4 is 22.6 Å². The molecule has 0 bridgehead atoms. The van der Waals surface area contributed by atoms with Crippen LogP contribution in [0, 0.1) is 6.92 Å². The summed E-state index contributed by atoms with van der Waals surface area (Å²) in [5.74, 6) is 0.239. The SMILES string of the molecule is Cc1cccc(CN(C(=O)COc2cccc3ccccc23)C(C)C(=O)NC(C)C)c1. The zero-order chi connectivity index (χ0) is 22.4. The molecule has 0 saturated heterocycles. The number of nitrogens with one attached hydrogen (secondary N) is 1. The summed E-state index contributed by atoms with van der Waals surface area (Å²) in [5, 5.41) is 4.90. The van der Waals surface area contributed by atoms with Crippen molar-refractivity contribution in [3.05, 3.63) is 77.9 Å². The molecule has 0 fully saturated rings. The number of hydrogen-bond acceptors (Lipinski definition) is 3. The monoisotopic (exact) mass is 418 g/mol. The Bertz CT molecular complexity index is 1060. The quantitative estimate of drug-likeness (QED) is 0.587. The van der Waals surface area contributed by atoms with E-state index in [1.54, 1.807) is 11.8 Å². The van der Waals surface area contributed by atoms with Crippen molar-refractivity contribution in [2.75, 3.05) is 6.61 Å². The van der Waals surface area contributed by atoms with E-state index in [1.165, 1.54) is 0 Å². The number of amides is 2. The van der Waals surface area contributed by atoms with Crippen molar-refractivity contribution in [1.29, 1.82) is 0 Å². The first kappa shape index (κ1) is 22.3. The van der Waals surface area contributed by atoms with Crippen LogP contribution in [0.1, 0.15) is 31.9 Å². The van der Waals surface area contributed by atoms with Gasteiger partial charge in [-0.05, 0) is 44.7 Å². The van der Waals surface area contributed by atoms with Gasteiger partial charge in [0, 0.05) is 18.0 Å². The third kappa shape index (κ3) is 5.85. The number of carbonyl (C=O) groups is 2. The van der Waals surface area contributed by atoms with E-state index in [9.17, 15) is 9.59 Å². The summed E-state index contributed by atoms with van der Waals surface area (Å²) in [7, 11) is 0.